The lowest BCUT2D eigenvalue weighted by molar-refractivity contribution is 0.244. The molecular formula is C24H28NO2P. The van der Waals surface area contributed by atoms with Crippen molar-refractivity contribution in [2.75, 3.05) is 0 Å². The molecular weight excluding hydrogens is 365 g/mol. The number of nitrogens with one attached hydrogen (secondary N) is 1. The lowest BCUT2D eigenvalue weighted by atomic mass is 10.3. The van der Waals surface area contributed by atoms with Gasteiger partial charge in [-0.1, -0.05) is 54.6 Å². The first-order valence-corrected chi connectivity index (χ1v) is 11.4. The van der Waals surface area contributed by atoms with Gasteiger partial charge in [0.1, 0.15) is 11.5 Å². The topological polar surface area (TPSA) is 42.3 Å². The summed E-state index contributed by atoms with van der Waals surface area (Å²) in [6.45, 7) is 8.05. The van der Waals surface area contributed by atoms with Crippen LogP contribution in [0.5, 0.6) is 11.5 Å². The summed E-state index contributed by atoms with van der Waals surface area (Å²) >= 11 is 0. The Morgan fingerprint density at radius 2 is 1.00 bits per heavy atom. The van der Waals surface area contributed by atoms with Gasteiger partial charge in [0.05, 0.1) is 19.3 Å². The summed E-state index contributed by atoms with van der Waals surface area (Å²) in [5, 5.41) is 12.7. The highest BCUT2D eigenvalue weighted by molar-refractivity contribution is 7.86. The van der Waals surface area contributed by atoms with Gasteiger partial charge in [-0.25, -0.2) is 0 Å². The minimum Gasteiger partial charge on any atom is -0.490 e. The van der Waals surface area contributed by atoms with E-state index in [9.17, 15) is 5.16 Å². The van der Waals surface area contributed by atoms with Gasteiger partial charge in [-0.2, -0.15) is 0 Å². The molecule has 0 atom stereocenters. The van der Waals surface area contributed by atoms with Crippen molar-refractivity contribution in [2.45, 2.75) is 39.9 Å². The zero-order valence-corrected chi connectivity index (χ0v) is 17.8. The number of rotatable bonds is 7. The maximum Gasteiger partial charge on any atom is 0.129 e. The van der Waals surface area contributed by atoms with Gasteiger partial charge in [-0.05, 0) is 52.0 Å². The summed E-state index contributed by atoms with van der Waals surface area (Å²) in [7, 11) is -2.71. The molecule has 0 spiro atoms. The van der Waals surface area contributed by atoms with E-state index in [4.69, 9.17) is 9.47 Å². The first-order valence-electron chi connectivity index (χ1n) is 9.65. The van der Waals surface area contributed by atoms with Crippen molar-refractivity contribution in [1.29, 1.82) is 5.16 Å². The van der Waals surface area contributed by atoms with Gasteiger partial charge in [0.15, 0.2) is 0 Å². The van der Waals surface area contributed by atoms with Crippen LogP contribution in [0.2, 0.25) is 0 Å². The van der Waals surface area contributed by atoms with Crippen LogP contribution < -0.4 is 25.4 Å². The van der Waals surface area contributed by atoms with Crippen molar-refractivity contribution < 1.29 is 9.47 Å². The van der Waals surface area contributed by atoms with Crippen molar-refractivity contribution in [1.82, 2.24) is 0 Å². The monoisotopic (exact) mass is 393 g/mol. The highest BCUT2D eigenvalue weighted by Gasteiger charge is 2.31. The minimum atomic E-state index is -2.71. The molecule has 0 bridgehead atoms. The van der Waals surface area contributed by atoms with Gasteiger partial charge in [0.2, 0.25) is 0 Å². The molecule has 28 heavy (non-hydrogen) atoms. The number of hydrogen-bond acceptors (Lipinski definition) is 3. The molecule has 0 amide bonds. The second-order valence-corrected chi connectivity index (χ2v) is 10.1. The SMILES string of the molecule is CC(C)Oc1ccccc1P(=N)(c1ccccc1)c1ccccc1OC(C)C. The normalized spacial score (nSPS) is 11.6. The highest BCUT2D eigenvalue weighted by atomic mass is 31.2. The first kappa shape index (κ1) is 20.2. The van der Waals surface area contributed by atoms with E-state index >= 15 is 0 Å². The lowest BCUT2D eigenvalue weighted by Gasteiger charge is -2.29. The van der Waals surface area contributed by atoms with Crippen LogP contribution in [0.15, 0.2) is 78.9 Å². The maximum absolute atomic E-state index is 9.86. The van der Waals surface area contributed by atoms with Crippen LogP contribution in [0.3, 0.4) is 0 Å². The third-order valence-corrected chi connectivity index (χ3v) is 7.58. The number of ether oxygens (including phenoxy) is 2. The molecule has 0 aromatic heterocycles. The molecule has 0 unspecified atom stereocenters. The van der Waals surface area contributed by atoms with Crippen molar-refractivity contribution in [3.8, 4) is 11.5 Å². The first-order chi connectivity index (χ1) is 13.4. The molecule has 0 aliphatic heterocycles. The number of hydrogen-bond donors (Lipinski definition) is 1. The lowest BCUT2D eigenvalue weighted by Crippen LogP contribution is -2.28. The summed E-state index contributed by atoms with van der Waals surface area (Å²) in [4.78, 5) is 0. The molecule has 0 saturated heterocycles. The van der Waals surface area contributed by atoms with E-state index in [2.05, 4.69) is 0 Å². The molecule has 3 aromatic carbocycles. The van der Waals surface area contributed by atoms with E-state index in [1.165, 1.54) is 0 Å². The highest BCUT2D eigenvalue weighted by Crippen LogP contribution is 2.48. The van der Waals surface area contributed by atoms with Gasteiger partial charge in [0, 0.05) is 15.9 Å². The largest absolute Gasteiger partial charge is 0.490 e. The Morgan fingerprint density at radius 3 is 1.43 bits per heavy atom. The molecule has 1 N–H and O–H groups in total. The molecule has 0 heterocycles. The summed E-state index contributed by atoms with van der Waals surface area (Å²) in [6.07, 6.45) is 0.0695. The molecule has 3 nitrogen and oxygen atoms in total. The van der Waals surface area contributed by atoms with Crippen LogP contribution in [0.1, 0.15) is 27.7 Å². The van der Waals surface area contributed by atoms with E-state index in [1.807, 2.05) is 107 Å². The smallest absolute Gasteiger partial charge is 0.129 e. The van der Waals surface area contributed by atoms with Crippen molar-refractivity contribution >= 4 is 23.0 Å². The van der Waals surface area contributed by atoms with Crippen LogP contribution in [-0.2, 0) is 0 Å². The second-order valence-electron chi connectivity index (χ2n) is 7.28. The fourth-order valence-corrected chi connectivity index (χ4v) is 6.21. The Morgan fingerprint density at radius 1 is 0.607 bits per heavy atom. The molecule has 0 saturated carbocycles. The van der Waals surface area contributed by atoms with E-state index in [0.717, 1.165) is 27.4 Å². The Bertz CT molecular complexity index is 910. The van der Waals surface area contributed by atoms with Gasteiger partial charge in [-0.3, -0.25) is 0 Å². The maximum atomic E-state index is 9.86. The van der Waals surface area contributed by atoms with Crippen molar-refractivity contribution in [2.24, 2.45) is 0 Å². The van der Waals surface area contributed by atoms with E-state index in [-0.39, 0.29) is 12.2 Å². The quantitative estimate of drug-likeness (QED) is 0.552. The second kappa shape index (κ2) is 8.67. The average molecular weight is 393 g/mol. The van der Waals surface area contributed by atoms with Crippen LogP contribution in [-0.4, -0.2) is 12.2 Å². The molecule has 3 rings (SSSR count). The van der Waals surface area contributed by atoms with Crippen molar-refractivity contribution in [3.05, 3.63) is 78.9 Å². The van der Waals surface area contributed by atoms with E-state index < -0.39 is 7.05 Å². The Hall–Kier alpha value is -2.51. The van der Waals surface area contributed by atoms with Gasteiger partial charge in [0.25, 0.3) is 0 Å². The van der Waals surface area contributed by atoms with E-state index in [0.29, 0.717) is 0 Å². The molecule has 0 fully saturated rings. The summed E-state index contributed by atoms with van der Waals surface area (Å²) in [5.41, 5.74) is 0. The van der Waals surface area contributed by atoms with Crippen molar-refractivity contribution in [3.63, 3.8) is 0 Å². The number of benzene rings is 3. The van der Waals surface area contributed by atoms with Crippen LogP contribution in [0, 0.1) is 5.16 Å². The van der Waals surface area contributed by atoms with Crippen LogP contribution >= 0.6 is 7.05 Å². The fourth-order valence-electron chi connectivity index (χ4n) is 3.24. The molecule has 0 aliphatic carbocycles. The van der Waals surface area contributed by atoms with Crippen LogP contribution in [0.4, 0.5) is 0 Å². The molecule has 0 aliphatic rings. The van der Waals surface area contributed by atoms with E-state index in [1.54, 1.807) is 0 Å². The fraction of sp³-hybridized carbons (Fsp3) is 0.250. The predicted octanol–water partition coefficient (Wildman–Crippen LogP) is 5.32. The standard InChI is InChI=1S/C24H28NO2P/c1-18(2)26-21-14-8-10-16-23(21)28(25,20-12-6-5-7-13-20)24-17-11-9-15-22(24)27-19(3)4/h5-19,25H,1-4H3. The molecule has 146 valence electrons. The number of para-hydroxylation sites is 2. The third kappa shape index (κ3) is 4.15. The summed E-state index contributed by atoms with van der Waals surface area (Å²) < 4.78 is 12.2. The zero-order valence-electron chi connectivity index (χ0n) is 16.9. The average Bonchev–Trinajstić information content (AvgIpc) is 2.68. The van der Waals surface area contributed by atoms with Gasteiger partial charge in [-0.15, -0.1) is 0 Å². The molecule has 4 heteroatoms. The Kier molecular flexibility index (Phi) is 6.26. The third-order valence-electron chi connectivity index (χ3n) is 4.32. The summed E-state index contributed by atoms with van der Waals surface area (Å²) in [6, 6.07) is 25.9. The Balaban J connectivity index is 2.31. The predicted molar refractivity (Wildman–Crippen MR) is 119 cm³/mol. The molecule has 0 radical (unpaired) electrons. The Labute approximate surface area is 168 Å². The van der Waals surface area contributed by atoms with Gasteiger partial charge < -0.3 is 14.6 Å². The minimum absolute atomic E-state index is 0.0348. The zero-order chi connectivity index (χ0) is 20.1. The van der Waals surface area contributed by atoms with Gasteiger partial charge >= 0.3 is 0 Å². The van der Waals surface area contributed by atoms with Crippen LogP contribution in [0.25, 0.3) is 0 Å². The summed E-state index contributed by atoms with van der Waals surface area (Å²) in [5.74, 6) is 1.54. The molecule has 3 aromatic rings.